The number of ether oxygens (including phenoxy) is 2. The zero-order valence-corrected chi connectivity index (χ0v) is 16.1. The Labute approximate surface area is 162 Å². The first kappa shape index (κ1) is 19.7. The smallest absolute Gasteiger partial charge is 0.334 e. The SMILES string of the molecule is CC(C)[C@@H](NC(=O)CN1C(=O)C(=O)N(C)C1=O)c1ccc2c(c1)OCCCO2. The molecule has 150 valence electrons. The molecule has 5 amide bonds. The number of likely N-dealkylation sites (N-methyl/N-ethyl adjacent to an activating group) is 1. The molecule has 1 fully saturated rings. The Balaban J connectivity index is 1.74. The van der Waals surface area contributed by atoms with Crippen molar-refractivity contribution in [2.24, 2.45) is 5.92 Å². The molecule has 1 saturated heterocycles. The number of nitrogens with zero attached hydrogens (tertiary/aromatic N) is 2. The number of hydrogen-bond donors (Lipinski definition) is 1. The van der Waals surface area contributed by atoms with E-state index in [1.54, 1.807) is 6.07 Å². The highest BCUT2D eigenvalue weighted by molar-refractivity contribution is 6.44. The fourth-order valence-electron chi connectivity index (χ4n) is 3.12. The molecule has 1 atom stereocenters. The quantitative estimate of drug-likeness (QED) is 0.597. The lowest BCUT2D eigenvalue weighted by Gasteiger charge is -2.24. The first-order valence-corrected chi connectivity index (χ1v) is 9.12. The van der Waals surface area contributed by atoms with Crippen LogP contribution in [-0.4, -0.2) is 60.4 Å². The normalized spacial score (nSPS) is 17.8. The van der Waals surface area contributed by atoms with Gasteiger partial charge in [0.05, 0.1) is 19.3 Å². The van der Waals surface area contributed by atoms with Crippen LogP contribution in [0.4, 0.5) is 4.79 Å². The van der Waals surface area contributed by atoms with E-state index in [1.807, 2.05) is 26.0 Å². The Morgan fingerprint density at radius 1 is 1.11 bits per heavy atom. The van der Waals surface area contributed by atoms with Gasteiger partial charge < -0.3 is 14.8 Å². The number of carbonyl (C=O) groups is 4. The van der Waals surface area contributed by atoms with Gasteiger partial charge in [-0.15, -0.1) is 0 Å². The van der Waals surface area contributed by atoms with E-state index < -0.39 is 30.3 Å². The van der Waals surface area contributed by atoms with Gasteiger partial charge in [0.25, 0.3) is 0 Å². The molecular formula is C19H23N3O6. The summed E-state index contributed by atoms with van der Waals surface area (Å²) in [6.45, 7) is 4.51. The third-order valence-electron chi connectivity index (χ3n) is 4.67. The molecule has 2 heterocycles. The maximum Gasteiger partial charge on any atom is 0.334 e. The van der Waals surface area contributed by atoms with Crippen molar-refractivity contribution < 1.29 is 28.7 Å². The Morgan fingerprint density at radius 2 is 1.79 bits per heavy atom. The van der Waals surface area contributed by atoms with Gasteiger partial charge in [0.15, 0.2) is 11.5 Å². The fourth-order valence-corrected chi connectivity index (χ4v) is 3.12. The second kappa shape index (κ2) is 7.87. The lowest BCUT2D eigenvalue weighted by Crippen LogP contribution is -2.43. The topological polar surface area (TPSA) is 105 Å². The lowest BCUT2D eigenvalue weighted by molar-refractivity contribution is -0.143. The highest BCUT2D eigenvalue weighted by atomic mass is 16.5. The summed E-state index contributed by atoms with van der Waals surface area (Å²) < 4.78 is 11.3. The minimum Gasteiger partial charge on any atom is -0.490 e. The van der Waals surface area contributed by atoms with Crippen molar-refractivity contribution in [3.8, 4) is 11.5 Å². The third kappa shape index (κ3) is 3.78. The van der Waals surface area contributed by atoms with Crippen LogP contribution in [0.1, 0.15) is 31.9 Å². The molecule has 0 unspecified atom stereocenters. The molecule has 0 aliphatic carbocycles. The lowest BCUT2D eigenvalue weighted by atomic mass is 9.95. The van der Waals surface area contributed by atoms with Gasteiger partial charge in [0.2, 0.25) is 5.91 Å². The number of fused-ring (bicyclic) bond motifs is 1. The summed E-state index contributed by atoms with van der Waals surface area (Å²) in [4.78, 5) is 49.2. The van der Waals surface area contributed by atoms with Crippen LogP contribution >= 0.6 is 0 Å². The largest absolute Gasteiger partial charge is 0.490 e. The van der Waals surface area contributed by atoms with Gasteiger partial charge in [-0.3, -0.25) is 19.3 Å². The third-order valence-corrected chi connectivity index (χ3v) is 4.67. The standard InChI is InChI=1S/C19H23N3O6/c1-11(2)16(12-5-6-13-14(9-12)28-8-4-7-27-13)20-15(23)10-22-18(25)17(24)21(3)19(22)26/h5-6,9,11,16H,4,7-8,10H2,1-3H3,(H,20,23)/t16-/m1/s1. The van der Waals surface area contributed by atoms with Crippen molar-refractivity contribution in [1.29, 1.82) is 0 Å². The average molecular weight is 389 g/mol. The summed E-state index contributed by atoms with van der Waals surface area (Å²) in [5, 5.41) is 2.84. The summed E-state index contributed by atoms with van der Waals surface area (Å²) >= 11 is 0. The fraction of sp³-hybridized carbons (Fsp3) is 0.474. The number of hydrogen-bond acceptors (Lipinski definition) is 6. The van der Waals surface area contributed by atoms with Gasteiger partial charge in [0, 0.05) is 13.5 Å². The van der Waals surface area contributed by atoms with Crippen molar-refractivity contribution in [2.45, 2.75) is 26.3 Å². The van der Waals surface area contributed by atoms with Crippen LogP contribution in [-0.2, 0) is 14.4 Å². The molecule has 0 saturated carbocycles. The van der Waals surface area contributed by atoms with Gasteiger partial charge in [0.1, 0.15) is 6.54 Å². The number of nitrogens with one attached hydrogen (secondary N) is 1. The van der Waals surface area contributed by atoms with Crippen LogP contribution in [0.3, 0.4) is 0 Å². The number of benzene rings is 1. The van der Waals surface area contributed by atoms with E-state index in [9.17, 15) is 19.2 Å². The van der Waals surface area contributed by atoms with Crippen molar-refractivity contribution in [1.82, 2.24) is 15.1 Å². The number of imide groups is 2. The van der Waals surface area contributed by atoms with Gasteiger partial charge in [-0.1, -0.05) is 19.9 Å². The summed E-state index contributed by atoms with van der Waals surface area (Å²) in [5.41, 5.74) is 0.819. The van der Waals surface area contributed by atoms with Crippen molar-refractivity contribution in [3.63, 3.8) is 0 Å². The predicted octanol–water partition coefficient (Wildman–Crippen LogP) is 1.08. The summed E-state index contributed by atoms with van der Waals surface area (Å²) in [5.74, 6) is -1.17. The minimum atomic E-state index is -1.00. The van der Waals surface area contributed by atoms with Gasteiger partial charge in [-0.05, 0) is 23.6 Å². The molecule has 2 aliphatic rings. The second-order valence-electron chi connectivity index (χ2n) is 7.08. The molecule has 1 aromatic rings. The molecule has 0 bridgehead atoms. The molecule has 0 spiro atoms. The van der Waals surface area contributed by atoms with Crippen LogP contribution < -0.4 is 14.8 Å². The maximum absolute atomic E-state index is 12.5. The molecule has 0 aromatic heterocycles. The van der Waals surface area contributed by atoms with Crippen molar-refractivity contribution >= 4 is 23.8 Å². The van der Waals surface area contributed by atoms with Crippen LogP contribution in [0.25, 0.3) is 0 Å². The zero-order chi connectivity index (χ0) is 20.4. The van der Waals surface area contributed by atoms with Crippen LogP contribution in [0.2, 0.25) is 0 Å². The molecule has 28 heavy (non-hydrogen) atoms. The Bertz CT molecular complexity index is 822. The number of urea groups is 1. The van der Waals surface area contributed by atoms with Crippen molar-refractivity contribution in [2.75, 3.05) is 26.8 Å². The molecule has 1 aromatic carbocycles. The molecule has 1 N–H and O–H groups in total. The second-order valence-corrected chi connectivity index (χ2v) is 7.08. The number of carbonyl (C=O) groups excluding carboxylic acids is 4. The van der Waals surface area contributed by atoms with E-state index in [2.05, 4.69) is 5.32 Å². The van der Waals surface area contributed by atoms with Crippen LogP contribution in [0, 0.1) is 5.92 Å². The van der Waals surface area contributed by atoms with E-state index in [-0.39, 0.29) is 12.0 Å². The summed E-state index contributed by atoms with van der Waals surface area (Å²) in [6, 6.07) is 4.31. The maximum atomic E-state index is 12.5. The minimum absolute atomic E-state index is 0.0305. The van der Waals surface area contributed by atoms with E-state index in [0.717, 1.165) is 12.0 Å². The van der Waals surface area contributed by atoms with Gasteiger partial charge in [-0.25, -0.2) is 9.69 Å². The predicted molar refractivity (Wildman–Crippen MR) is 97.6 cm³/mol. The Kier molecular flexibility index (Phi) is 5.53. The van der Waals surface area contributed by atoms with Crippen LogP contribution in [0.15, 0.2) is 18.2 Å². The Hall–Kier alpha value is -3.10. The first-order chi connectivity index (χ1) is 13.3. The average Bonchev–Trinajstić information content (AvgIpc) is 2.86. The van der Waals surface area contributed by atoms with Crippen LogP contribution in [0.5, 0.6) is 11.5 Å². The monoisotopic (exact) mass is 389 g/mol. The molecule has 9 heteroatoms. The van der Waals surface area contributed by atoms with Gasteiger partial charge in [-0.2, -0.15) is 0 Å². The van der Waals surface area contributed by atoms with Gasteiger partial charge >= 0.3 is 17.8 Å². The van der Waals surface area contributed by atoms with E-state index in [1.165, 1.54) is 7.05 Å². The number of rotatable bonds is 5. The molecule has 0 radical (unpaired) electrons. The van der Waals surface area contributed by atoms with Crippen molar-refractivity contribution in [3.05, 3.63) is 23.8 Å². The van der Waals surface area contributed by atoms with E-state index in [4.69, 9.17) is 9.47 Å². The summed E-state index contributed by atoms with van der Waals surface area (Å²) in [7, 11) is 1.20. The molecule has 3 rings (SSSR count). The highest BCUT2D eigenvalue weighted by Gasteiger charge is 2.43. The first-order valence-electron chi connectivity index (χ1n) is 9.12. The Morgan fingerprint density at radius 3 is 2.39 bits per heavy atom. The molecule has 9 nitrogen and oxygen atoms in total. The van der Waals surface area contributed by atoms with E-state index in [0.29, 0.717) is 34.5 Å². The summed E-state index contributed by atoms with van der Waals surface area (Å²) in [6.07, 6.45) is 0.791. The zero-order valence-electron chi connectivity index (χ0n) is 16.1. The highest BCUT2D eigenvalue weighted by Crippen LogP contribution is 2.34. The number of amides is 5. The molecular weight excluding hydrogens is 366 g/mol. The molecule has 2 aliphatic heterocycles. The van der Waals surface area contributed by atoms with E-state index >= 15 is 0 Å².